The Labute approximate surface area is 111 Å². The van der Waals surface area contributed by atoms with Gasteiger partial charge in [0, 0.05) is 18.7 Å². The molecule has 7 heteroatoms. The smallest absolute Gasteiger partial charge is 0.292 e. The zero-order valence-corrected chi connectivity index (χ0v) is 10.7. The lowest BCUT2D eigenvalue weighted by atomic mass is 10.2. The number of nitro benzene ring substituents is 1. The standard InChI is InChI=1S/C12H16N4O3/c1-13-11-3-2-10(8-12(11)16(17)18)9-14-15-4-6-19-7-5-15/h2-3,8-9,13H,4-7H2,1H3/b14-9+. The summed E-state index contributed by atoms with van der Waals surface area (Å²) in [6.45, 7) is 2.81. The fourth-order valence-corrected chi connectivity index (χ4v) is 1.81. The van der Waals surface area contributed by atoms with E-state index in [1.807, 2.05) is 5.01 Å². The van der Waals surface area contributed by atoms with Gasteiger partial charge in [-0.25, -0.2) is 0 Å². The highest BCUT2D eigenvalue weighted by Crippen LogP contribution is 2.24. The predicted molar refractivity (Wildman–Crippen MR) is 72.6 cm³/mol. The molecule has 0 atom stereocenters. The number of benzene rings is 1. The molecule has 1 aromatic carbocycles. The van der Waals surface area contributed by atoms with Crippen molar-refractivity contribution in [2.24, 2.45) is 5.10 Å². The van der Waals surface area contributed by atoms with Gasteiger partial charge in [-0.2, -0.15) is 5.10 Å². The highest BCUT2D eigenvalue weighted by molar-refractivity contribution is 5.82. The lowest BCUT2D eigenvalue weighted by Gasteiger charge is -2.23. The van der Waals surface area contributed by atoms with Gasteiger partial charge in [0.25, 0.3) is 5.69 Å². The van der Waals surface area contributed by atoms with E-state index < -0.39 is 4.92 Å². The van der Waals surface area contributed by atoms with Crippen LogP contribution < -0.4 is 5.32 Å². The normalized spacial score (nSPS) is 15.7. The van der Waals surface area contributed by atoms with Crippen LogP contribution in [0.4, 0.5) is 11.4 Å². The number of morpholine rings is 1. The van der Waals surface area contributed by atoms with E-state index in [9.17, 15) is 10.1 Å². The Kier molecular flexibility index (Phi) is 4.30. The van der Waals surface area contributed by atoms with Gasteiger partial charge in [0.15, 0.2) is 0 Å². The number of nitrogens with one attached hydrogen (secondary N) is 1. The van der Waals surface area contributed by atoms with Crippen molar-refractivity contribution in [2.75, 3.05) is 38.7 Å². The summed E-state index contributed by atoms with van der Waals surface area (Å²) in [5, 5.41) is 19.9. The number of nitro groups is 1. The van der Waals surface area contributed by atoms with Gasteiger partial charge in [0.1, 0.15) is 5.69 Å². The van der Waals surface area contributed by atoms with E-state index >= 15 is 0 Å². The molecule has 1 N–H and O–H groups in total. The first-order valence-corrected chi connectivity index (χ1v) is 6.03. The summed E-state index contributed by atoms with van der Waals surface area (Å²) in [6, 6.07) is 4.98. The average molecular weight is 264 g/mol. The Bertz CT molecular complexity index is 484. The highest BCUT2D eigenvalue weighted by atomic mass is 16.6. The third-order valence-corrected chi connectivity index (χ3v) is 2.85. The van der Waals surface area contributed by atoms with Crippen molar-refractivity contribution in [3.8, 4) is 0 Å². The maximum Gasteiger partial charge on any atom is 0.292 e. The molecule has 1 fully saturated rings. The SMILES string of the molecule is CNc1ccc(/C=N/N2CCOCC2)cc1[N+](=O)[O-]. The number of hydrazone groups is 1. The molecule has 2 rings (SSSR count). The van der Waals surface area contributed by atoms with E-state index in [0.29, 0.717) is 24.5 Å². The fraction of sp³-hybridized carbons (Fsp3) is 0.417. The first-order chi connectivity index (χ1) is 9.20. The third kappa shape index (κ3) is 3.41. The van der Waals surface area contributed by atoms with E-state index in [1.165, 1.54) is 6.07 Å². The first-order valence-electron chi connectivity index (χ1n) is 6.03. The van der Waals surface area contributed by atoms with Crippen LogP contribution in [0.2, 0.25) is 0 Å². The predicted octanol–water partition coefficient (Wildman–Crippen LogP) is 1.30. The molecule has 102 valence electrons. The summed E-state index contributed by atoms with van der Waals surface area (Å²) in [4.78, 5) is 10.5. The fourth-order valence-electron chi connectivity index (χ4n) is 1.81. The van der Waals surface area contributed by atoms with Crippen LogP contribution >= 0.6 is 0 Å². The minimum absolute atomic E-state index is 0.0495. The number of hydrogen-bond donors (Lipinski definition) is 1. The minimum Gasteiger partial charge on any atom is -0.383 e. The van der Waals surface area contributed by atoms with Gasteiger partial charge in [-0.3, -0.25) is 15.1 Å². The molecule has 1 aromatic rings. The highest BCUT2D eigenvalue weighted by Gasteiger charge is 2.13. The van der Waals surface area contributed by atoms with Crippen molar-refractivity contribution in [1.82, 2.24) is 5.01 Å². The molecule has 0 radical (unpaired) electrons. The van der Waals surface area contributed by atoms with E-state index in [1.54, 1.807) is 25.4 Å². The van der Waals surface area contributed by atoms with Gasteiger partial charge in [0.05, 0.1) is 37.4 Å². The van der Waals surface area contributed by atoms with Crippen LogP contribution in [0.1, 0.15) is 5.56 Å². The van der Waals surface area contributed by atoms with Gasteiger partial charge in [0.2, 0.25) is 0 Å². The van der Waals surface area contributed by atoms with Crippen LogP contribution in [0, 0.1) is 10.1 Å². The lowest BCUT2D eigenvalue weighted by molar-refractivity contribution is -0.383. The second kappa shape index (κ2) is 6.14. The molecule has 1 aliphatic rings. The van der Waals surface area contributed by atoms with Crippen molar-refractivity contribution in [1.29, 1.82) is 0 Å². The van der Waals surface area contributed by atoms with Crippen molar-refractivity contribution in [3.05, 3.63) is 33.9 Å². The summed E-state index contributed by atoms with van der Waals surface area (Å²) in [5.74, 6) is 0. The van der Waals surface area contributed by atoms with Crippen LogP contribution in [-0.4, -0.2) is 49.5 Å². The van der Waals surface area contributed by atoms with Gasteiger partial charge in [-0.15, -0.1) is 0 Å². The lowest BCUT2D eigenvalue weighted by Crippen LogP contribution is -2.32. The molecule has 0 saturated carbocycles. The molecule has 1 aliphatic heterocycles. The van der Waals surface area contributed by atoms with Crippen LogP contribution in [0.25, 0.3) is 0 Å². The van der Waals surface area contributed by atoms with Crippen molar-refractivity contribution in [3.63, 3.8) is 0 Å². The monoisotopic (exact) mass is 264 g/mol. The number of ether oxygens (including phenoxy) is 1. The summed E-state index contributed by atoms with van der Waals surface area (Å²) >= 11 is 0. The molecule has 0 unspecified atom stereocenters. The molecule has 0 amide bonds. The van der Waals surface area contributed by atoms with Crippen LogP contribution in [0.5, 0.6) is 0 Å². The van der Waals surface area contributed by atoms with Gasteiger partial charge in [-0.05, 0) is 6.07 Å². The number of nitrogens with zero attached hydrogens (tertiary/aromatic N) is 3. The van der Waals surface area contributed by atoms with E-state index in [0.717, 1.165) is 13.1 Å². The molecule has 0 spiro atoms. The van der Waals surface area contributed by atoms with Crippen molar-refractivity contribution in [2.45, 2.75) is 0 Å². The van der Waals surface area contributed by atoms with Crippen molar-refractivity contribution >= 4 is 17.6 Å². The second-order valence-corrected chi connectivity index (χ2v) is 4.09. The second-order valence-electron chi connectivity index (χ2n) is 4.09. The van der Waals surface area contributed by atoms with Crippen LogP contribution in [0.15, 0.2) is 23.3 Å². The zero-order chi connectivity index (χ0) is 13.7. The number of anilines is 1. The maximum absolute atomic E-state index is 10.9. The molecule has 0 bridgehead atoms. The topological polar surface area (TPSA) is 80.0 Å². The molecular formula is C12H16N4O3. The summed E-state index contributed by atoms with van der Waals surface area (Å²) in [7, 11) is 1.66. The Balaban J connectivity index is 2.13. The zero-order valence-electron chi connectivity index (χ0n) is 10.7. The first kappa shape index (κ1) is 13.3. The van der Waals surface area contributed by atoms with Gasteiger partial charge >= 0.3 is 0 Å². The van der Waals surface area contributed by atoms with E-state index in [-0.39, 0.29) is 5.69 Å². The number of hydrogen-bond acceptors (Lipinski definition) is 6. The Morgan fingerprint density at radius 2 is 2.21 bits per heavy atom. The van der Waals surface area contributed by atoms with Gasteiger partial charge in [-0.1, -0.05) is 6.07 Å². The average Bonchev–Trinajstić information content (AvgIpc) is 2.46. The van der Waals surface area contributed by atoms with Crippen molar-refractivity contribution < 1.29 is 9.66 Å². The molecule has 0 aromatic heterocycles. The molecular weight excluding hydrogens is 248 g/mol. The quantitative estimate of drug-likeness (QED) is 0.503. The van der Waals surface area contributed by atoms with Gasteiger partial charge < -0.3 is 10.1 Å². The summed E-state index contributed by atoms with van der Waals surface area (Å²) < 4.78 is 5.22. The molecule has 0 aliphatic carbocycles. The Hall–Kier alpha value is -2.15. The van der Waals surface area contributed by atoms with Crippen LogP contribution in [0.3, 0.4) is 0 Å². The largest absolute Gasteiger partial charge is 0.383 e. The Morgan fingerprint density at radius 3 is 2.84 bits per heavy atom. The third-order valence-electron chi connectivity index (χ3n) is 2.85. The van der Waals surface area contributed by atoms with E-state index in [2.05, 4.69) is 10.4 Å². The van der Waals surface area contributed by atoms with E-state index in [4.69, 9.17) is 4.74 Å². The van der Waals surface area contributed by atoms with Crippen LogP contribution in [-0.2, 0) is 4.74 Å². The number of rotatable bonds is 4. The molecule has 1 saturated heterocycles. The summed E-state index contributed by atoms with van der Waals surface area (Å²) in [6.07, 6.45) is 1.64. The maximum atomic E-state index is 10.9. The Morgan fingerprint density at radius 1 is 1.47 bits per heavy atom. The molecule has 19 heavy (non-hydrogen) atoms. The summed E-state index contributed by atoms with van der Waals surface area (Å²) in [5.41, 5.74) is 1.25. The molecule has 7 nitrogen and oxygen atoms in total. The molecule has 1 heterocycles. The minimum atomic E-state index is -0.405.